The van der Waals surface area contributed by atoms with Gasteiger partial charge in [-0.05, 0) is 43.5 Å². The number of aromatic nitrogens is 2. The van der Waals surface area contributed by atoms with Crippen LogP contribution in [0.15, 0.2) is 30.5 Å². The van der Waals surface area contributed by atoms with Crippen LogP contribution in [0, 0.1) is 5.92 Å². The number of ether oxygens (including phenoxy) is 2. The monoisotopic (exact) mass is 452 g/mol. The van der Waals surface area contributed by atoms with Gasteiger partial charge in [0.05, 0.1) is 13.2 Å². The van der Waals surface area contributed by atoms with Crippen molar-refractivity contribution in [2.45, 2.75) is 38.4 Å². The summed E-state index contributed by atoms with van der Waals surface area (Å²) in [6.07, 6.45) is -0.200. The topological polar surface area (TPSA) is 102 Å². The number of hydrogen-bond donors (Lipinski definition) is 2. The number of nitrogens with zero attached hydrogens (tertiary/aromatic N) is 2. The molecule has 8 nitrogen and oxygen atoms in total. The lowest BCUT2D eigenvalue weighted by atomic mass is 9.85. The van der Waals surface area contributed by atoms with Gasteiger partial charge in [0, 0.05) is 18.2 Å². The van der Waals surface area contributed by atoms with E-state index in [0.717, 1.165) is 25.3 Å². The lowest BCUT2D eigenvalue weighted by Gasteiger charge is -2.24. The lowest BCUT2D eigenvalue weighted by Crippen LogP contribution is -2.29. The molecule has 0 bridgehead atoms. The Kier molecular flexibility index (Phi) is 7.16. The average Bonchev–Trinajstić information content (AvgIpc) is 2.70. The van der Waals surface area contributed by atoms with Crippen LogP contribution in [0.5, 0.6) is 11.8 Å². The number of methoxy groups -OCH3 is 1. The molecule has 2 N–H and O–H groups in total. The minimum Gasteiger partial charge on any atom is -0.480 e. The number of halogens is 3. The van der Waals surface area contributed by atoms with E-state index in [9.17, 15) is 22.8 Å². The summed E-state index contributed by atoms with van der Waals surface area (Å²) in [6, 6.07) is 5.35. The van der Waals surface area contributed by atoms with E-state index in [4.69, 9.17) is 4.74 Å². The van der Waals surface area contributed by atoms with Gasteiger partial charge >= 0.3 is 6.18 Å². The largest absolute Gasteiger partial charge is 0.480 e. The van der Waals surface area contributed by atoms with Crippen molar-refractivity contribution >= 4 is 17.6 Å². The van der Waals surface area contributed by atoms with Crippen LogP contribution in [0.3, 0.4) is 0 Å². The van der Waals surface area contributed by atoms with Gasteiger partial charge < -0.3 is 20.1 Å². The smallest absolute Gasteiger partial charge is 0.422 e. The first-order valence-electron chi connectivity index (χ1n) is 9.98. The van der Waals surface area contributed by atoms with Gasteiger partial charge in [0.1, 0.15) is 11.4 Å². The van der Waals surface area contributed by atoms with Crippen LogP contribution in [0.1, 0.15) is 48.1 Å². The second kappa shape index (κ2) is 9.84. The number of rotatable bonds is 8. The van der Waals surface area contributed by atoms with Gasteiger partial charge in [-0.25, -0.2) is 4.98 Å². The molecule has 0 spiro atoms. The summed E-state index contributed by atoms with van der Waals surface area (Å²) in [4.78, 5) is 32.8. The number of carbonyl (C=O) groups is 2. The minimum absolute atomic E-state index is 0.0145. The van der Waals surface area contributed by atoms with Gasteiger partial charge in [-0.1, -0.05) is 6.42 Å². The number of alkyl halides is 3. The van der Waals surface area contributed by atoms with E-state index >= 15 is 0 Å². The molecule has 2 aromatic heterocycles. The molecule has 0 aliphatic heterocycles. The highest BCUT2D eigenvalue weighted by Crippen LogP contribution is 2.28. The fourth-order valence-corrected chi connectivity index (χ4v) is 3.03. The van der Waals surface area contributed by atoms with Gasteiger partial charge in [0.15, 0.2) is 6.61 Å². The molecule has 1 fully saturated rings. The lowest BCUT2D eigenvalue weighted by molar-refractivity contribution is -0.154. The van der Waals surface area contributed by atoms with Crippen molar-refractivity contribution in [2.24, 2.45) is 5.92 Å². The normalized spacial score (nSPS) is 14.8. The zero-order valence-corrected chi connectivity index (χ0v) is 17.5. The molecule has 2 aromatic rings. The van der Waals surface area contributed by atoms with E-state index < -0.39 is 24.7 Å². The zero-order valence-electron chi connectivity index (χ0n) is 17.5. The molecule has 1 aliphatic rings. The van der Waals surface area contributed by atoms with Gasteiger partial charge in [-0.15, -0.1) is 0 Å². The molecule has 0 aromatic carbocycles. The summed E-state index contributed by atoms with van der Waals surface area (Å²) in [5, 5.41) is 5.55. The highest BCUT2D eigenvalue weighted by molar-refractivity contribution is 5.96. The summed E-state index contributed by atoms with van der Waals surface area (Å²) in [5.74, 6) is -0.684. The number of nitrogens with one attached hydrogen (secondary N) is 2. The number of amides is 2. The van der Waals surface area contributed by atoms with Crippen molar-refractivity contribution in [1.82, 2.24) is 15.3 Å². The van der Waals surface area contributed by atoms with Crippen molar-refractivity contribution in [3.05, 3.63) is 41.6 Å². The van der Waals surface area contributed by atoms with Crippen LogP contribution < -0.4 is 20.1 Å². The highest BCUT2D eigenvalue weighted by atomic mass is 19.4. The Hall–Kier alpha value is -3.37. The number of anilines is 1. The Bertz CT molecular complexity index is 980. The standard InChI is InChI=1S/C21H23F3N4O4/c1-12(14-8-9-25-16(10-14)27-18(29)13-4-3-5-13)26-19(30)15-6-7-17(28-20(15)31-2)32-11-21(22,23)24/h6-10,12-13H,3-5,11H2,1-2H3,(H,26,30)(H,25,27,29). The van der Waals surface area contributed by atoms with Gasteiger partial charge in [0.25, 0.3) is 5.91 Å². The molecule has 172 valence electrons. The van der Waals surface area contributed by atoms with Crippen molar-refractivity contribution < 1.29 is 32.2 Å². The Morgan fingerprint density at radius 3 is 2.62 bits per heavy atom. The average molecular weight is 452 g/mol. The molecule has 2 amide bonds. The molecule has 1 aliphatic carbocycles. The third kappa shape index (κ3) is 6.08. The first-order chi connectivity index (χ1) is 15.2. The molecular formula is C21H23F3N4O4. The molecule has 1 unspecified atom stereocenters. The van der Waals surface area contributed by atoms with Crippen molar-refractivity contribution in [1.29, 1.82) is 0 Å². The Morgan fingerprint density at radius 2 is 2.00 bits per heavy atom. The van der Waals surface area contributed by atoms with E-state index in [2.05, 4.69) is 25.3 Å². The van der Waals surface area contributed by atoms with E-state index in [0.29, 0.717) is 11.4 Å². The minimum atomic E-state index is -4.51. The second-order valence-corrected chi connectivity index (χ2v) is 7.40. The molecule has 0 saturated heterocycles. The molecule has 3 rings (SSSR count). The first kappa shape index (κ1) is 23.3. The van der Waals surface area contributed by atoms with Gasteiger partial charge in [-0.3, -0.25) is 9.59 Å². The molecule has 32 heavy (non-hydrogen) atoms. The highest BCUT2D eigenvalue weighted by Gasteiger charge is 2.29. The van der Waals surface area contributed by atoms with Crippen molar-refractivity contribution in [3.8, 4) is 11.8 Å². The molecule has 1 atom stereocenters. The third-order valence-corrected chi connectivity index (χ3v) is 5.02. The first-order valence-corrected chi connectivity index (χ1v) is 9.98. The fraction of sp³-hybridized carbons (Fsp3) is 0.429. The Morgan fingerprint density at radius 1 is 1.25 bits per heavy atom. The number of carbonyl (C=O) groups excluding carboxylic acids is 2. The maximum Gasteiger partial charge on any atom is 0.422 e. The van der Waals surface area contributed by atoms with E-state index in [-0.39, 0.29) is 29.1 Å². The summed E-state index contributed by atoms with van der Waals surface area (Å²) in [7, 11) is 1.25. The Labute approximate surface area is 182 Å². The molecular weight excluding hydrogens is 429 g/mol. The molecule has 0 radical (unpaired) electrons. The van der Waals surface area contributed by atoms with Crippen LogP contribution in [0.25, 0.3) is 0 Å². The summed E-state index contributed by atoms with van der Waals surface area (Å²) in [5.41, 5.74) is 0.737. The predicted octanol–water partition coefficient (Wildman–Crippen LogP) is 3.66. The van der Waals surface area contributed by atoms with E-state index in [1.54, 1.807) is 19.1 Å². The summed E-state index contributed by atoms with van der Waals surface area (Å²) >= 11 is 0. The van der Waals surface area contributed by atoms with E-state index in [1.165, 1.54) is 19.4 Å². The van der Waals surface area contributed by atoms with Gasteiger partial charge in [0.2, 0.25) is 17.7 Å². The summed E-state index contributed by atoms with van der Waals surface area (Å²) in [6.45, 7) is 0.235. The SMILES string of the molecule is COc1nc(OCC(F)(F)F)ccc1C(=O)NC(C)c1ccnc(NC(=O)C2CCC2)c1. The molecule has 2 heterocycles. The Balaban J connectivity index is 1.66. The second-order valence-electron chi connectivity index (χ2n) is 7.40. The third-order valence-electron chi connectivity index (χ3n) is 5.02. The van der Waals surface area contributed by atoms with Crippen molar-refractivity contribution in [2.75, 3.05) is 19.0 Å². The summed E-state index contributed by atoms with van der Waals surface area (Å²) < 4.78 is 46.6. The quantitative estimate of drug-likeness (QED) is 0.634. The van der Waals surface area contributed by atoms with Crippen LogP contribution in [0.4, 0.5) is 19.0 Å². The van der Waals surface area contributed by atoms with Crippen LogP contribution in [-0.4, -0.2) is 41.7 Å². The van der Waals surface area contributed by atoms with Crippen molar-refractivity contribution in [3.63, 3.8) is 0 Å². The predicted molar refractivity (Wildman–Crippen MR) is 108 cm³/mol. The number of hydrogen-bond acceptors (Lipinski definition) is 6. The van der Waals surface area contributed by atoms with Crippen LogP contribution in [0.2, 0.25) is 0 Å². The van der Waals surface area contributed by atoms with Crippen LogP contribution >= 0.6 is 0 Å². The molecule has 1 saturated carbocycles. The van der Waals surface area contributed by atoms with E-state index in [1.807, 2.05) is 0 Å². The number of pyridine rings is 2. The van der Waals surface area contributed by atoms with Gasteiger partial charge in [-0.2, -0.15) is 18.2 Å². The maximum absolute atomic E-state index is 12.7. The van der Waals surface area contributed by atoms with Crippen LogP contribution in [-0.2, 0) is 4.79 Å². The fourth-order valence-electron chi connectivity index (χ4n) is 3.03. The zero-order chi connectivity index (χ0) is 23.3. The maximum atomic E-state index is 12.7. The molecule has 11 heteroatoms.